The van der Waals surface area contributed by atoms with Gasteiger partial charge in [0, 0.05) is 6.04 Å². The summed E-state index contributed by atoms with van der Waals surface area (Å²) < 4.78 is 12.0. The van der Waals surface area contributed by atoms with E-state index in [1.807, 2.05) is 34.6 Å². The number of hydrogen-bond acceptors (Lipinski definition) is 6. The Kier molecular flexibility index (Phi) is 6.73. The molecule has 176 valence electrons. The zero-order valence-corrected chi connectivity index (χ0v) is 19.6. The van der Waals surface area contributed by atoms with Crippen LogP contribution in [0.25, 0.3) is 0 Å². The highest BCUT2D eigenvalue weighted by Crippen LogP contribution is 2.64. The predicted molar refractivity (Wildman–Crippen MR) is 114 cm³/mol. The number of aliphatic hydroxyl groups excluding tert-OH is 1. The van der Waals surface area contributed by atoms with Crippen LogP contribution in [0.4, 0.5) is 0 Å². The molecule has 0 aromatic carbocycles. The summed E-state index contributed by atoms with van der Waals surface area (Å²) in [5.41, 5.74) is -1.87. The molecule has 0 radical (unpaired) electrons. The molecule has 3 saturated heterocycles. The Hall–Kier alpha value is -1.67. The van der Waals surface area contributed by atoms with Gasteiger partial charge in [0.2, 0.25) is 11.8 Å². The second-order valence-electron chi connectivity index (χ2n) is 9.63. The van der Waals surface area contributed by atoms with E-state index < -0.39 is 41.1 Å². The maximum absolute atomic E-state index is 13.9. The number of carbonyl (C=O) groups excluding carboxylic acids is 3. The summed E-state index contributed by atoms with van der Waals surface area (Å²) in [6.45, 7) is 11.4. The van der Waals surface area contributed by atoms with E-state index in [4.69, 9.17) is 9.47 Å². The van der Waals surface area contributed by atoms with Gasteiger partial charge >= 0.3 is 5.97 Å². The van der Waals surface area contributed by atoms with E-state index in [-0.39, 0.29) is 37.0 Å². The van der Waals surface area contributed by atoms with E-state index in [1.54, 1.807) is 6.92 Å². The Labute approximate surface area is 185 Å². The number of nitrogens with zero attached hydrogens (tertiary/aromatic N) is 1. The van der Waals surface area contributed by atoms with Crippen LogP contribution in [0.1, 0.15) is 67.2 Å². The fourth-order valence-electron chi connectivity index (χ4n) is 6.08. The maximum Gasteiger partial charge on any atom is 0.312 e. The molecule has 0 aromatic rings. The minimum atomic E-state index is -1.08. The Morgan fingerprint density at radius 2 is 1.94 bits per heavy atom. The fourth-order valence-corrected chi connectivity index (χ4v) is 6.08. The Morgan fingerprint density at radius 1 is 1.26 bits per heavy atom. The number of hydrogen-bond donors (Lipinski definition) is 2. The average Bonchev–Trinajstić information content (AvgIpc) is 3.32. The lowest BCUT2D eigenvalue weighted by atomic mass is 9.65. The maximum atomic E-state index is 13.9. The van der Waals surface area contributed by atoms with E-state index >= 15 is 0 Å². The molecule has 8 heteroatoms. The molecule has 2 bridgehead atoms. The van der Waals surface area contributed by atoms with E-state index in [1.165, 1.54) is 4.90 Å². The van der Waals surface area contributed by atoms with Crippen molar-refractivity contribution in [2.75, 3.05) is 13.2 Å². The normalized spacial score (nSPS) is 35.9. The number of nitrogens with one attached hydrogen (secondary N) is 1. The Balaban J connectivity index is 2.14. The van der Waals surface area contributed by atoms with Crippen LogP contribution in [0.15, 0.2) is 0 Å². The summed E-state index contributed by atoms with van der Waals surface area (Å²) in [5, 5.41) is 13.2. The summed E-state index contributed by atoms with van der Waals surface area (Å²) in [5.74, 6) is -2.54. The number of esters is 1. The molecule has 2 amide bonds. The van der Waals surface area contributed by atoms with E-state index in [9.17, 15) is 19.5 Å². The third kappa shape index (κ3) is 3.46. The van der Waals surface area contributed by atoms with Crippen molar-refractivity contribution in [3.63, 3.8) is 0 Å². The molecule has 3 heterocycles. The molecule has 3 aliphatic rings. The summed E-state index contributed by atoms with van der Waals surface area (Å²) in [4.78, 5) is 42.0. The molecule has 0 aromatic heterocycles. The van der Waals surface area contributed by atoms with Crippen LogP contribution in [-0.2, 0) is 23.9 Å². The summed E-state index contributed by atoms with van der Waals surface area (Å²) in [7, 11) is 0. The first-order valence-corrected chi connectivity index (χ1v) is 11.7. The van der Waals surface area contributed by atoms with E-state index in [2.05, 4.69) is 5.32 Å². The van der Waals surface area contributed by atoms with Crippen LogP contribution in [0, 0.1) is 17.8 Å². The number of ether oxygens (including phenoxy) is 2. The zero-order chi connectivity index (χ0) is 23.1. The lowest BCUT2D eigenvalue weighted by Crippen LogP contribution is -2.59. The van der Waals surface area contributed by atoms with Gasteiger partial charge in [0.25, 0.3) is 0 Å². The highest BCUT2D eigenvalue weighted by molar-refractivity contribution is 5.98. The molecule has 0 aliphatic carbocycles. The van der Waals surface area contributed by atoms with Crippen molar-refractivity contribution in [2.24, 2.45) is 17.8 Å². The van der Waals surface area contributed by atoms with Crippen LogP contribution >= 0.6 is 0 Å². The minimum Gasteiger partial charge on any atom is -0.466 e. The first-order chi connectivity index (χ1) is 14.6. The van der Waals surface area contributed by atoms with Gasteiger partial charge in [0.05, 0.1) is 30.8 Å². The van der Waals surface area contributed by atoms with Gasteiger partial charge in [-0.1, -0.05) is 27.2 Å². The van der Waals surface area contributed by atoms with E-state index in [0.29, 0.717) is 19.3 Å². The quantitative estimate of drug-likeness (QED) is 0.530. The number of amides is 2. The molecule has 2 unspecified atom stereocenters. The van der Waals surface area contributed by atoms with Crippen molar-refractivity contribution in [2.45, 2.75) is 96.6 Å². The van der Waals surface area contributed by atoms with Crippen molar-refractivity contribution in [1.82, 2.24) is 10.2 Å². The van der Waals surface area contributed by atoms with Crippen molar-refractivity contribution in [1.29, 1.82) is 0 Å². The van der Waals surface area contributed by atoms with Crippen LogP contribution in [0.3, 0.4) is 0 Å². The molecule has 31 heavy (non-hydrogen) atoms. The van der Waals surface area contributed by atoms with Crippen molar-refractivity contribution in [3.05, 3.63) is 0 Å². The molecule has 8 nitrogen and oxygen atoms in total. The second kappa shape index (κ2) is 8.70. The largest absolute Gasteiger partial charge is 0.466 e. The SMILES string of the molecule is CCOC(=O)[C@H]1[C@H]2C(=O)N([C@@H](CO)[C@@H](C)CC)C(C(=O)NC(C)C)C23CC[C@]1(CC)O3. The third-order valence-electron chi connectivity index (χ3n) is 7.68. The highest BCUT2D eigenvalue weighted by atomic mass is 16.6. The molecular weight excluding hydrogens is 400 g/mol. The van der Waals surface area contributed by atoms with Crippen LogP contribution in [0.5, 0.6) is 0 Å². The van der Waals surface area contributed by atoms with Crippen molar-refractivity contribution < 1.29 is 29.0 Å². The van der Waals surface area contributed by atoms with Crippen LogP contribution in [0.2, 0.25) is 0 Å². The fraction of sp³-hybridized carbons (Fsp3) is 0.870. The Morgan fingerprint density at radius 3 is 2.45 bits per heavy atom. The minimum absolute atomic E-state index is 0.0168. The highest BCUT2D eigenvalue weighted by Gasteiger charge is 2.79. The molecule has 3 fully saturated rings. The van der Waals surface area contributed by atoms with Gasteiger partial charge in [-0.05, 0) is 46.0 Å². The number of rotatable bonds is 9. The third-order valence-corrected chi connectivity index (χ3v) is 7.68. The van der Waals surface area contributed by atoms with Gasteiger partial charge in [-0.25, -0.2) is 0 Å². The number of aliphatic hydroxyl groups is 1. The van der Waals surface area contributed by atoms with Crippen LogP contribution < -0.4 is 5.32 Å². The van der Waals surface area contributed by atoms with E-state index in [0.717, 1.165) is 6.42 Å². The number of fused-ring (bicyclic) bond motifs is 1. The number of likely N-dealkylation sites (tertiary alicyclic amines) is 1. The van der Waals surface area contributed by atoms with Crippen molar-refractivity contribution in [3.8, 4) is 0 Å². The molecule has 2 N–H and O–H groups in total. The number of carbonyl (C=O) groups is 3. The Bertz CT molecular complexity index is 727. The summed E-state index contributed by atoms with van der Waals surface area (Å²) in [6, 6.07) is -1.52. The average molecular weight is 439 g/mol. The van der Waals surface area contributed by atoms with Gasteiger partial charge in [0.1, 0.15) is 17.6 Å². The second-order valence-corrected chi connectivity index (χ2v) is 9.63. The molecule has 3 rings (SSSR count). The van der Waals surface area contributed by atoms with Gasteiger partial charge < -0.3 is 24.8 Å². The lowest BCUT2D eigenvalue weighted by molar-refractivity contribution is -0.162. The lowest BCUT2D eigenvalue weighted by Gasteiger charge is -2.39. The standard InChI is InChI=1S/C23H38N2O6/c1-7-14(6)15(12-26)25-18(19(27)24-13(4)5)23-11-10-22(8-2,31-23)17(16(23)20(25)28)21(29)30-9-3/h13-18,26H,7-12H2,1-6H3,(H,24,27)/t14-,15-,16-,17+,18?,22-,23?/m0/s1. The first kappa shape index (κ1) is 24.0. The zero-order valence-electron chi connectivity index (χ0n) is 19.6. The molecule has 7 atom stereocenters. The first-order valence-electron chi connectivity index (χ1n) is 11.7. The van der Waals surface area contributed by atoms with Gasteiger partial charge in [-0.2, -0.15) is 0 Å². The van der Waals surface area contributed by atoms with Gasteiger partial charge in [-0.15, -0.1) is 0 Å². The molecule has 1 spiro atoms. The topological polar surface area (TPSA) is 105 Å². The summed E-state index contributed by atoms with van der Waals surface area (Å²) >= 11 is 0. The molecule has 0 saturated carbocycles. The monoisotopic (exact) mass is 438 g/mol. The van der Waals surface area contributed by atoms with Crippen molar-refractivity contribution >= 4 is 17.8 Å². The molecule has 3 aliphatic heterocycles. The van der Waals surface area contributed by atoms with Gasteiger partial charge in [-0.3, -0.25) is 14.4 Å². The predicted octanol–water partition coefficient (Wildman–Crippen LogP) is 1.64. The smallest absolute Gasteiger partial charge is 0.312 e. The molecular formula is C23H38N2O6. The van der Waals surface area contributed by atoms with Crippen LogP contribution in [-0.4, -0.2) is 70.3 Å². The van der Waals surface area contributed by atoms with Gasteiger partial charge in [0.15, 0.2) is 0 Å². The summed E-state index contributed by atoms with van der Waals surface area (Å²) in [6.07, 6.45) is 2.43.